The third-order valence-electron chi connectivity index (χ3n) is 4.45. The van der Waals surface area contributed by atoms with Crippen molar-refractivity contribution in [2.75, 3.05) is 0 Å². The van der Waals surface area contributed by atoms with Gasteiger partial charge in [0.15, 0.2) is 0 Å². The standard InChI is InChI=1S/C15H25O/c1-11(2)14-5-3-4-6-15(14)12-7-9-13(16)10-8-12/h3,12-13,15-16H,4-10H2,1-2H3. The summed E-state index contributed by atoms with van der Waals surface area (Å²) in [6, 6.07) is 0. The lowest BCUT2D eigenvalue weighted by Crippen LogP contribution is -2.27. The lowest BCUT2D eigenvalue weighted by atomic mass is 9.69. The van der Waals surface area contributed by atoms with Gasteiger partial charge in [-0.05, 0) is 77.0 Å². The van der Waals surface area contributed by atoms with Gasteiger partial charge in [0.2, 0.25) is 0 Å². The molecule has 0 aromatic heterocycles. The van der Waals surface area contributed by atoms with Gasteiger partial charge < -0.3 is 5.11 Å². The quantitative estimate of drug-likeness (QED) is 0.666. The predicted octanol–water partition coefficient (Wildman–Crippen LogP) is 3.88. The summed E-state index contributed by atoms with van der Waals surface area (Å²) in [6.07, 6.45) is 10.8. The average Bonchev–Trinajstić information content (AvgIpc) is 2.30. The van der Waals surface area contributed by atoms with E-state index in [9.17, 15) is 5.11 Å². The van der Waals surface area contributed by atoms with Gasteiger partial charge in [0.1, 0.15) is 0 Å². The summed E-state index contributed by atoms with van der Waals surface area (Å²) in [5, 5.41) is 9.58. The molecule has 2 aliphatic carbocycles. The van der Waals surface area contributed by atoms with Crippen LogP contribution in [0.5, 0.6) is 0 Å². The fraction of sp³-hybridized carbons (Fsp3) is 0.800. The minimum Gasteiger partial charge on any atom is -0.393 e. The zero-order valence-corrected chi connectivity index (χ0v) is 10.7. The van der Waals surface area contributed by atoms with E-state index < -0.39 is 0 Å². The smallest absolute Gasteiger partial charge is 0.0540 e. The Labute approximate surface area is 99.9 Å². The highest BCUT2D eigenvalue weighted by molar-refractivity contribution is 5.19. The molecule has 1 heteroatoms. The first-order valence-corrected chi connectivity index (χ1v) is 6.84. The van der Waals surface area contributed by atoms with E-state index in [1.54, 1.807) is 5.57 Å². The maximum Gasteiger partial charge on any atom is 0.0540 e. The van der Waals surface area contributed by atoms with Crippen LogP contribution in [0.3, 0.4) is 0 Å². The minimum absolute atomic E-state index is 0.0124. The van der Waals surface area contributed by atoms with Crippen molar-refractivity contribution < 1.29 is 5.11 Å². The van der Waals surface area contributed by atoms with Crippen LogP contribution in [0, 0.1) is 18.3 Å². The second-order valence-electron chi connectivity index (χ2n) is 5.77. The lowest BCUT2D eigenvalue weighted by molar-refractivity contribution is 0.0930. The number of aliphatic hydroxyl groups excluding tert-OH is 1. The molecule has 1 nitrogen and oxygen atoms in total. The Balaban J connectivity index is 2.03. The van der Waals surface area contributed by atoms with E-state index in [0.29, 0.717) is 0 Å². The maximum atomic E-state index is 9.58. The fourth-order valence-corrected chi connectivity index (χ4v) is 3.48. The summed E-state index contributed by atoms with van der Waals surface area (Å²) < 4.78 is 0. The van der Waals surface area contributed by atoms with Crippen molar-refractivity contribution in [1.82, 2.24) is 0 Å². The van der Waals surface area contributed by atoms with Crippen molar-refractivity contribution in [2.24, 2.45) is 11.8 Å². The molecule has 2 fully saturated rings. The second-order valence-corrected chi connectivity index (χ2v) is 5.77. The lowest BCUT2D eigenvalue weighted by Gasteiger charge is -2.37. The van der Waals surface area contributed by atoms with Gasteiger partial charge in [0.05, 0.1) is 6.10 Å². The van der Waals surface area contributed by atoms with Crippen molar-refractivity contribution >= 4 is 0 Å². The zero-order chi connectivity index (χ0) is 11.5. The molecule has 0 aliphatic heterocycles. The molecule has 1 N–H and O–H groups in total. The van der Waals surface area contributed by atoms with Gasteiger partial charge in [0.25, 0.3) is 0 Å². The van der Waals surface area contributed by atoms with Crippen LogP contribution in [-0.4, -0.2) is 11.2 Å². The minimum atomic E-state index is -0.0124. The molecule has 0 saturated heterocycles. The largest absolute Gasteiger partial charge is 0.393 e. The van der Waals surface area contributed by atoms with Crippen molar-refractivity contribution in [3.05, 3.63) is 17.6 Å². The number of hydrogen-bond donors (Lipinski definition) is 1. The van der Waals surface area contributed by atoms with E-state index in [1.165, 1.54) is 37.7 Å². The topological polar surface area (TPSA) is 20.2 Å². The summed E-state index contributed by atoms with van der Waals surface area (Å²) in [7, 11) is 0. The summed E-state index contributed by atoms with van der Waals surface area (Å²) in [6.45, 7) is 4.53. The Morgan fingerprint density at radius 2 is 1.81 bits per heavy atom. The highest BCUT2D eigenvalue weighted by Gasteiger charge is 2.30. The van der Waals surface area contributed by atoms with Crippen molar-refractivity contribution in [2.45, 2.75) is 64.9 Å². The van der Waals surface area contributed by atoms with Gasteiger partial charge in [-0.15, -0.1) is 0 Å². The van der Waals surface area contributed by atoms with Gasteiger partial charge in [-0.2, -0.15) is 0 Å². The predicted molar refractivity (Wildman–Crippen MR) is 68.0 cm³/mol. The Morgan fingerprint density at radius 3 is 2.44 bits per heavy atom. The van der Waals surface area contributed by atoms with Gasteiger partial charge in [-0.3, -0.25) is 0 Å². The van der Waals surface area contributed by atoms with Crippen molar-refractivity contribution in [3.63, 3.8) is 0 Å². The molecule has 0 heterocycles. The molecule has 2 rings (SSSR count). The third-order valence-corrected chi connectivity index (χ3v) is 4.45. The van der Waals surface area contributed by atoms with Crippen LogP contribution in [0.25, 0.3) is 0 Å². The van der Waals surface area contributed by atoms with Crippen LogP contribution in [0.2, 0.25) is 0 Å². The van der Waals surface area contributed by atoms with Crippen LogP contribution in [-0.2, 0) is 0 Å². The van der Waals surface area contributed by atoms with Crippen molar-refractivity contribution in [3.8, 4) is 0 Å². The van der Waals surface area contributed by atoms with E-state index in [0.717, 1.165) is 24.7 Å². The Morgan fingerprint density at radius 1 is 1.12 bits per heavy atom. The SMILES string of the molecule is CC(C)=C1C[CH]CCC1C1CCC(O)CC1. The Kier molecular flexibility index (Phi) is 4.07. The zero-order valence-electron chi connectivity index (χ0n) is 10.7. The molecular formula is C15H25O. The third kappa shape index (κ3) is 2.68. The number of rotatable bonds is 1. The number of aliphatic hydroxyl groups is 1. The molecular weight excluding hydrogens is 196 g/mol. The van der Waals surface area contributed by atoms with Gasteiger partial charge in [0, 0.05) is 0 Å². The summed E-state index contributed by atoms with van der Waals surface area (Å²) in [5.41, 5.74) is 3.24. The van der Waals surface area contributed by atoms with Crippen LogP contribution < -0.4 is 0 Å². The summed E-state index contributed by atoms with van der Waals surface area (Å²) >= 11 is 0. The van der Waals surface area contributed by atoms with Crippen LogP contribution in [0.15, 0.2) is 11.1 Å². The number of allylic oxidation sites excluding steroid dienone is 2. The van der Waals surface area contributed by atoms with E-state index in [-0.39, 0.29) is 6.10 Å². The Hall–Kier alpha value is -0.300. The number of hydrogen-bond acceptors (Lipinski definition) is 1. The molecule has 2 saturated carbocycles. The first-order chi connectivity index (χ1) is 7.68. The molecule has 1 radical (unpaired) electrons. The van der Waals surface area contributed by atoms with E-state index >= 15 is 0 Å². The average molecular weight is 221 g/mol. The molecule has 2 aliphatic rings. The fourth-order valence-electron chi connectivity index (χ4n) is 3.48. The molecule has 0 aromatic carbocycles. The van der Waals surface area contributed by atoms with E-state index in [2.05, 4.69) is 20.3 Å². The highest BCUT2D eigenvalue weighted by Crippen LogP contribution is 2.42. The molecule has 1 unspecified atom stereocenters. The van der Waals surface area contributed by atoms with Gasteiger partial charge >= 0.3 is 0 Å². The molecule has 0 aromatic rings. The second kappa shape index (κ2) is 5.35. The monoisotopic (exact) mass is 221 g/mol. The van der Waals surface area contributed by atoms with E-state index in [4.69, 9.17) is 0 Å². The maximum absolute atomic E-state index is 9.58. The van der Waals surface area contributed by atoms with Crippen LogP contribution >= 0.6 is 0 Å². The van der Waals surface area contributed by atoms with Gasteiger partial charge in [-0.25, -0.2) is 0 Å². The van der Waals surface area contributed by atoms with Crippen LogP contribution in [0.4, 0.5) is 0 Å². The summed E-state index contributed by atoms with van der Waals surface area (Å²) in [5.74, 6) is 1.67. The van der Waals surface area contributed by atoms with E-state index in [1.807, 2.05) is 0 Å². The molecule has 0 spiro atoms. The molecule has 16 heavy (non-hydrogen) atoms. The molecule has 0 amide bonds. The Bertz CT molecular complexity index is 255. The highest BCUT2D eigenvalue weighted by atomic mass is 16.3. The van der Waals surface area contributed by atoms with Crippen molar-refractivity contribution in [1.29, 1.82) is 0 Å². The normalized spacial score (nSPS) is 36.2. The molecule has 0 bridgehead atoms. The first-order valence-electron chi connectivity index (χ1n) is 6.84. The molecule has 1 atom stereocenters. The molecule has 91 valence electrons. The van der Waals surface area contributed by atoms with Gasteiger partial charge in [-0.1, -0.05) is 11.1 Å². The first kappa shape index (κ1) is 12.2. The van der Waals surface area contributed by atoms with Crippen LogP contribution in [0.1, 0.15) is 58.8 Å². The summed E-state index contributed by atoms with van der Waals surface area (Å²) in [4.78, 5) is 0.